The highest BCUT2D eigenvalue weighted by molar-refractivity contribution is 5.91. The number of pyridine rings is 1. The number of hydrogen-bond donors (Lipinski definition) is 1. The third-order valence-electron chi connectivity index (χ3n) is 4.31. The van der Waals surface area contributed by atoms with E-state index in [1.165, 1.54) is 0 Å². The van der Waals surface area contributed by atoms with Crippen LogP contribution in [-0.4, -0.2) is 48.4 Å². The van der Waals surface area contributed by atoms with Crippen molar-refractivity contribution in [2.75, 3.05) is 36.9 Å². The molecule has 0 radical (unpaired) electrons. The minimum absolute atomic E-state index is 0.0894. The molecular weight excluding hydrogens is 316 g/mol. The van der Waals surface area contributed by atoms with Gasteiger partial charge in [0.1, 0.15) is 5.82 Å². The van der Waals surface area contributed by atoms with Crippen molar-refractivity contribution < 1.29 is 9.59 Å². The Labute approximate surface area is 147 Å². The van der Waals surface area contributed by atoms with Crippen LogP contribution in [0.1, 0.15) is 12.0 Å². The largest absolute Gasteiger partial charge is 0.368 e. The molecule has 1 aromatic heterocycles. The maximum absolute atomic E-state index is 12.1. The summed E-state index contributed by atoms with van der Waals surface area (Å²) in [5, 5.41) is 2.82. The number of nitrogens with zero attached hydrogens (tertiary/aromatic N) is 3. The molecule has 0 bridgehead atoms. The average molecular weight is 338 g/mol. The van der Waals surface area contributed by atoms with E-state index >= 15 is 0 Å². The number of amides is 2. The molecule has 2 amide bonds. The molecule has 2 heterocycles. The quantitative estimate of drug-likeness (QED) is 0.925. The van der Waals surface area contributed by atoms with Crippen molar-refractivity contribution in [1.29, 1.82) is 0 Å². The zero-order valence-electron chi connectivity index (χ0n) is 14.3. The van der Waals surface area contributed by atoms with Gasteiger partial charge >= 0.3 is 0 Å². The molecule has 0 saturated carbocycles. The molecule has 0 unspecified atom stereocenters. The van der Waals surface area contributed by atoms with Gasteiger partial charge in [0.15, 0.2) is 0 Å². The maximum Gasteiger partial charge on any atom is 0.229 e. The molecule has 1 aliphatic heterocycles. The van der Waals surface area contributed by atoms with Crippen LogP contribution in [0.3, 0.4) is 0 Å². The molecule has 1 N–H and O–H groups in total. The SMILES string of the molecule is CN1CCN(c2ccc(NC(=O)Cc3ccccc3)nc2)CCC1=O. The Morgan fingerprint density at radius 1 is 1.12 bits per heavy atom. The van der Waals surface area contributed by atoms with E-state index in [1.54, 1.807) is 17.2 Å². The van der Waals surface area contributed by atoms with Crippen LogP contribution in [0.4, 0.5) is 11.5 Å². The van der Waals surface area contributed by atoms with E-state index in [9.17, 15) is 9.59 Å². The van der Waals surface area contributed by atoms with Crippen molar-refractivity contribution >= 4 is 23.3 Å². The van der Waals surface area contributed by atoms with Crippen LogP contribution in [0.2, 0.25) is 0 Å². The minimum atomic E-state index is -0.0894. The van der Waals surface area contributed by atoms with Gasteiger partial charge in [-0.05, 0) is 17.7 Å². The molecule has 1 aromatic carbocycles. The summed E-state index contributed by atoms with van der Waals surface area (Å²) in [6, 6.07) is 13.3. The zero-order valence-corrected chi connectivity index (χ0v) is 14.3. The van der Waals surface area contributed by atoms with Crippen molar-refractivity contribution in [3.63, 3.8) is 0 Å². The zero-order chi connectivity index (χ0) is 17.6. The number of carbonyl (C=O) groups excluding carboxylic acids is 2. The molecule has 130 valence electrons. The van der Waals surface area contributed by atoms with E-state index in [0.29, 0.717) is 31.7 Å². The Bertz CT molecular complexity index is 731. The van der Waals surface area contributed by atoms with Gasteiger partial charge in [-0.25, -0.2) is 4.98 Å². The fourth-order valence-corrected chi connectivity index (χ4v) is 2.80. The number of hydrogen-bond acceptors (Lipinski definition) is 4. The average Bonchev–Trinajstić information content (AvgIpc) is 2.78. The Hall–Kier alpha value is -2.89. The van der Waals surface area contributed by atoms with E-state index in [1.807, 2.05) is 43.4 Å². The van der Waals surface area contributed by atoms with Crippen molar-refractivity contribution in [3.8, 4) is 0 Å². The smallest absolute Gasteiger partial charge is 0.229 e. The van der Waals surface area contributed by atoms with E-state index in [0.717, 1.165) is 17.8 Å². The van der Waals surface area contributed by atoms with E-state index < -0.39 is 0 Å². The van der Waals surface area contributed by atoms with Crippen LogP contribution < -0.4 is 10.2 Å². The molecule has 1 fully saturated rings. The summed E-state index contributed by atoms with van der Waals surface area (Å²) in [7, 11) is 1.83. The highest BCUT2D eigenvalue weighted by Crippen LogP contribution is 2.17. The van der Waals surface area contributed by atoms with Gasteiger partial charge < -0.3 is 15.1 Å². The second kappa shape index (κ2) is 7.79. The highest BCUT2D eigenvalue weighted by Gasteiger charge is 2.18. The summed E-state index contributed by atoms with van der Waals surface area (Å²) < 4.78 is 0. The van der Waals surface area contributed by atoms with Gasteiger partial charge in [-0.15, -0.1) is 0 Å². The van der Waals surface area contributed by atoms with Crippen LogP contribution in [0.5, 0.6) is 0 Å². The standard InChI is InChI=1S/C19H22N4O2/c1-22-11-12-23(10-9-19(22)25)16-7-8-17(20-14-16)21-18(24)13-15-5-3-2-4-6-15/h2-8,14H,9-13H2,1H3,(H,20,21,24). The molecular formula is C19H22N4O2. The molecule has 1 saturated heterocycles. The van der Waals surface area contributed by atoms with Crippen molar-refractivity contribution in [3.05, 3.63) is 54.2 Å². The lowest BCUT2D eigenvalue weighted by Crippen LogP contribution is -2.30. The van der Waals surface area contributed by atoms with Crippen LogP contribution >= 0.6 is 0 Å². The molecule has 6 heteroatoms. The van der Waals surface area contributed by atoms with Gasteiger partial charge in [-0.2, -0.15) is 0 Å². The molecule has 25 heavy (non-hydrogen) atoms. The van der Waals surface area contributed by atoms with Gasteiger partial charge in [0.05, 0.1) is 18.3 Å². The first-order valence-corrected chi connectivity index (χ1v) is 8.40. The Morgan fingerprint density at radius 2 is 1.92 bits per heavy atom. The summed E-state index contributed by atoms with van der Waals surface area (Å²) in [6.45, 7) is 2.17. The van der Waals surface area contributed by atoms with Gasteiger partial charge in [0.2, 0.25) is 11.8 Å². The summed E-state index contributed by atoms with van der Waals surface area (Å²) in [6.07, 6.45) is 2.57. The number of rotatable bonds is 4. The Morgan fingerprint density at radius 3 is 2.64 bits per heavy atom. The Kier molecular flexibility index (Phi) is 5.28. The summed E-state index contributed by atoms with van der Waals surface area (Å²) >= 11 is 0. The number of aromatic nitrogens is 1. The van der Waals surface area contributed by atoms with E-state index in [2.05, 4.69) is 15.2 Å². The molecule has 6 nitrogen and oxygen atoms in total. The molecule has 0 atom stereocenters. The fraction of sp³-hybridized carbons (Fsp3) is 0.316. The molecule has 0 spiro atoms. The summed E-state index contributed by atoms with van der Waals surface area (Å²) in [5.41, 5.74) is 1.93. The Balaban J connectivity index is 1.58. The summed E-state index contributed by atoms with van der Waals surface area (Å²) in [4.78, 5) is 32.1. The van der Waals surface area contributed by atoms with Gasteiger partial charge in [0.25, 0.3) is 0 Å². The predicted molar refractivity (Wildman–Crippen MR) is 97.5 cm³/mol. The van der Waals surface area contributed by atoms with Gasteiger partial charge in [-0.3, -0.25) is 9.59 Å². The minimum Gasteiger partial charge on any atom is -0.368 e. The third-order valence-corrected chi connectivity index (χ3v) is 4.31. The predicted octanol–water partition coefficient (Wildman–Crippen LogP) is 1.93. The van der Waals surface area contributed by atoms with Crippen molar-refractivity contribution in [2.45, 2.75) is 12.8 Å². The van der Waals surface area contributed by atoms with Crippen LogP contribution in [-0.2, 0) is 16.0 Å². The lowest BCUT2D eigenvalue weighted by atomic mass is 10.1. The highest BCUT2D eigenvalue weighted by atomic mass is 16.2. The monoisotopic (exact) mass is 338 g/mol. The number of benzene rings is 1. The van der Waals surface area contributed by atoms with E-state index in [4.69, 9.17) is 0 Å². The fourth-order valence-electron chi connectivity index (χ4n) is 2.80. The van der Waals surface area contributed by atoms with E-state index in [-0.39, 0.29) is 11.8 Å². The third kappa shape index (κ3) is 4.56. The first kappa shape index (κ1) is 17.0. The number of anilines is 2. The van der Waals surface area contributed by atoms with Gasteiger partial charge in [0, 0.05) is 33.1 Å². The molecule has 1 aliphatic rings. The number of carbonyl (C=O) groups is 2. The normalized spacial score (nSPS) is 15.0. The number of likely N-dealkylation sites (N-methyl/N-ethyl adjacent to an activating group) is 1. The maximum atomic E-state index is 12.1. The first-order valence-electron chi connectivity index (χ1n) is 8.40. The van der Waals surface area contributed by atoms with Gasteiger partial charge in [-0.1, -0.05) is 30.3 Å². The molecule has 2 aromatic rings. The number of nitrogens with one attached hydrogen (secondary N) is 1. The van der Waals surface area contributed by atoms with Crippen LogP contribution in [0, 0.1) is 0 Å². The second-order valence-corrected chi connectivity index (χ2v) is 6.16. The van der Waals surface area contributed by atoms with Crippen molar-refractivity contribution in [1.82, 2.24) is 9.88 Å². The topological polar surface area (TPSA) is 65.5 Å². The van der Waals surface area contributed by atoms with Crippen LogP contribution in [0.25, 0.3) is 0 Å². The lowest BCUT2D eigenvalue weighted by molar-refractivity contribution is -0.129. The lowest BCUT2D eigenvalue weighted by Gasteiger charge is -2.22. The van der Waals surface area contributed by atoms with Crippen molar-refractivity contribution in [2.24, 2.45) is 0 Å². The summed E-state index contributed by atoms with van der Waals surface area (Å²) in [5.74, 6) is 0.612. The molecule has 0 aliphatic carbocycles. The first-order chi connectivity index (χ1) is 12.1. The van der Waals surface area contributed by atoms with Crippen LogP contribution in [0.15, 0.2) is 48.7 Å². The molecule has 3 rings (SSSR count). The second-order valence-electron chi connectivity index (χ2n) is 6.16.